The van der Waals surface area contributed by atoms with Crippen molar-refractivity contribution in [1.29, 1.82) is 0 Å². The van der Waals surface area contributed by atoms with Gasteiger partial charge in [-0.05, 0) is 18.2 Å². The smallest absolute Gasteiger partial charge is 0.255 e. The SMILES string of the molecule is C=CCNC(=O)c1cn(C)c2ncc(NC(=O)c3ccccc3)cc12. The number of aryl methyl sites for hydroxylation is 1. The second kappa shape index (κ2) is 7.00. The van der Waals surface area contributed by atoms with Gasteiger partial charge in [0.25, 0.3) is 11.8 Å². The molecule has 0 aliphatic carbocycles. The highest BCUT2D eigenvalue weighted by atomic mass is 16.2. The van der Waals surface area contributed by atoms with Crippen molar-refractivity contribution in [2.24, 2.45) is 7.05 Å². The number of pyridine rings is 1. The summed E-state index contributed by atoms with van der Waals surface area (Å²) in [7, 11) is 1.82. The summed E-state index contributed by atoms with van der Waals surface area (Å²) in [5.41, 5.74) is 2.26. The van der Waals surface area contributed by atoms with E-state index in [9.17, 15) is 9.59 Å². The lowest BCUT2D eigenvalue weighted by molar-refractivity contribution is 0.0958. The number of benzene rings is 1. The second-order valence-corrected chi connectivity index (χ2v) is 5.57. The highest BCUT2D eigenvalue weighted by Crippen LogP contribution is 2.22. The van der Waals surface area contributed by atoms with Crippen molar-refractivity contribution in [2.75, 3.05) is 11.9 Å². The molecule has 1 aromatic carbocycles. The van der Waals surface area contributed by atoms with Crippen LogP contribution in [0.15, 0.2) is 61.4 Å². The maximum atomic E-state index is 12.3. The molecule has 0 spiro atoms. The van der Waals surface area contributed by atoms with Crippen LogP contribution in [-0.4, -0.2) is 27.9 Å². The maximum Gasteiger partial charge on any atom is 0.255 e. The van der Waals surface area contributed by atoms with E-state index in [1.54, 1.807) is 53.4 Å². The number of amides is 2. The zero-order valence-electron chi connectivity index (χ0n) is 13.8. The summed E-state index contributed by atoms with van der Waals surface area (Å²) >= 11 is 0. The number of rotatable bonds is 5. The first kappa shape index (κ1) is 16.4. The topological polar surface area (TPSA) is 76.0 Å². The molecule has 0 aliphatic rings. The Labute approximate surface area is 145 Å². The molecular weight excluding hydrogens is 316 g/mol. The Kier molecular flexibility index (Phi) is 4.61. The van der Waals surface area contributed by atoms with Crippen LogP contribution in [0.1, 0.15) is 20.7 Å². The van der Waals surface area contributed by atoms with Crippen LogP contribution in [0.4, 0.5) is 5.69 Å². The molecule has 0 unspecified atom stereocenters. The summed E-state index contributed by atoms with van der Waals surface area (Å²) < 4.78 is 1.78. The minimum Gasteiger partial charge on any atom is -0.349 e. The molecule has 3 aromatic rings. The normalized spacial score (nSPS) is 10.4. The lowest BCUT2D eigenvalue weighted by Gasteiger charge is -2.06. The minimum atomic E-state index is -0.227. The average molecular weight is 334 g/mol. The number of hydrogen-bond donors (Lipinski definition) is 2. The van der Waals surface area contributed by atoms with Gasteiger partial charge in [-0.2, -0.15) is 0 Å². The number of hydrogen-bond acceptors (Lipinski definition) is 3. The van der Waals surface area contributed by atoms with E-state index in [4.69, 9.17) is 0 Å². The van der Waals surface area contributed by atoms with Crippen molar-refractivity contribution in [3.63, 3.8) is 0 Å². The average Bonchev–Trinajstić information content (AvgIpc) is 2.96. The van der Waals surface area contributed by atoms with Crippen LogP contribution in [0, 0.1) is 0 Å². The Morgan fingerprint density at radius 3 is 2.72 bits per heavy atom. The fourth-order valence-electron chi connectivity index (χ4n) is 2.56. The van der Waals surface area contributed by atoms with E-state index in [2.05, 4.69) is 22.2 Å². The number of nitrogens with one attached hydrogen (secondary N) is 2. The van der Waals surface area contributed by atoms with Crippen LogP contribution in [0.5, 0.6) is 0 Å². The summed E-state index contributed by atoms with van der Waals surface area (Å²) in [6, 6.07) is 10.7. The van der Waals surface area contributed by atoms with Gasteiger partial charge in [-0.25, -0.2) is 4.98 Å². The maximum absolute atomic E-state index is 12.3. The monoisotopic (exact) mass is 334 g/mol. The van der Waals surface area contributed by atoms with Crippen LogP contribution < -0.4 is 10.6 Å². The lowest BCUT2D eigenvalue weighted by atomic mass is 10.2. The zero-order valence-corrected chi connectivity index (χ0v) is 13.8. The number of carbonyl (C=O) groups excluding carboxylic acids is 2. The fourth-order valence-corrected chi connectivity index (χ4v) is 2.56. The van der Waals surface area contributed by atoms with Crippen molar-refractivity contribution < 1.29 is 9.59 Å². The lowest BCUT2D eigenvalue weighted by Crippen LogP contribution is -2.22. The number of carbonyl (C=O) groups is 2. The van der Waals surface area contributed by atoms with E-state index in [0.29, 0.717) is 34.4 Å². The van der Waals surface area contributed by atoms with Gasteiger partial charge in [0.15, 0.2) is 0 Å². The third kappa shape index (κ3) is 3.42. The third-order valence-electron chi connectivity index (χ3n) is 3.76. The van der Waals surface area contributed by atoms with Gasteiger partial charge < -0.3 is 15.2 Å². The van der Waals surface area contributed by atoms with E-state index in [1.807, 2.05) is 13.1 Å². The molecule has 0 radical (unpaired) electrons. The Hall–Kier alpha value is -3.41. The van der Waals surface area contributed by atoms with Crippen LogP contribution in [0.3, 0.4) is 0 Å². The number of fused-ring (bicyclic) bond motifs is 1. The van der Waals surface area contributed by atoms with Gasteiger partial charge >= 0.3 is 0 Å². The van der Waals surface area contributed by atoms with E-state index >= 15 is 0 Å². The quantitative estimate of drug-likeness (QED) is 0.705. The highest BCUT2D eigenvalue weighted by molar-refractivity contribution is 6.08. The molecule has 0 saturated carbocycles. The van der Waals surface area contributed by atoms with E-state index in [0.717, 1.165) is 0 Å². The molecule has 2 N–H and O–H groups in total. The van der Waals surface area contributed by atoms with Crippen molar-refractivity contribution in [3.8, 4) is 0 Å². The van der Waals surface area contributed by atoms with Crippen molar-refractivity contribution in [1.82, 2.24) is 14.9 Å². The molecule has 0 aliphatic heterocycles. The van der Waals surface area contributed by atoms with Gasteiger partial charge in [0.2, 0.25) is 0 Å². The molecule has 126 valence electrons. The van der Waals surface area contributed by atoms with Crippen LogP contribution in [0.25, 0.3) is 11.0 Å². The first-order valence-corrected chi connectivity index (χ1v) is 7.80. The van der Waals surface area contributed by atoms with Crippen molar-refractivity contribution >= 4 is 28.5 Å². The largest absolute Gasteiger partial charge is 0.349 e. The number of nitrogens with zero attached hydrogens (tertiary/aromatic N) is 2. The van der Waals surface area contributed by atoms with Crippen LogP contribution in [0.2, 0.25) is 0 Å². The van der Waals surface area contributed by atoms with E-state index in [-0.39, 0.29) is 11.8 Å². The fraction of sp³-hybridized carbons (Fsp3) is 0.105. The van der Waals surface area contributed by atoms with E-state index in [1.165, 1.54) is 0 Å². The van der Waals surface area contributed by atoms with Crippen molar-refractivity contribution in [3.05, 3.63) is 72.6 Å². The molecule has 25 heavy (non-hydrogen) atoms. The van der Waals surface area contributed by atoms with Gasteiger partial charge in [-0.1, -0.05) is 24.3 Å². The van der Waals surface area contributed by atoms with Crippen molar-refractivity contribution in [2.45, 2.75) is 0 Å². The van der Waals surface area contributed by atoms with Crippen LogP contribution >= 0.6 is 0 Å². The highest BCUT2D eigenvalue weighted by Gasteiger charge is 2.15. The first-order valence-electron chi connectivity index (χ1n) is 7.80. The second-order valence-electron chi connectivity index (χ2n) is 5.57. The van der Waals surface area contributed by atoms with Gasteiger partial charge in [0.05, 0.1) is 17.4 Å². The molecule has 6 nitrogen and oxygen atoms in total. The zero-order chi connectivity index (χ0) is 17.8. The van der Waals surface area contributed by atoms with Crippen LogP contribution in [-0.2, 0) is 7.05 Å². The molecule has 2 heterocycles. The molecular formula is C19H18N4O2. The predicted octanol–water partition coefficient (Wildman–Crippen LogP) is 2.74. The molecule has 0 atom stereocenters. The number of aromatic nitrogens is 2. The molecule has 0 saturated heterocycles. The first-order chi connectivity index (χ1) is 12.1. The molecule has 0 bridgehead atoms. The Bertz CT molecular complexity index is 945. The summed E-state index contributed by atoms with van der Waals surface area (Å²) in [6.07, 6.45) is 4.92. The summed E-state index contributed by atoms with van der Waals surface area (Å²) in [5, 5.41) is 6.24. The van der Waals surface area contributed by atoms with E-state index < -0.39 is 0 Å². The van der Waals surface area contributed by atoms with Gasteiger partial charge in [0.1, 0.15) is 5.65 Å². The predicted molar refractivity (Wildman–Crippen MR) is 97.6 cm³/mol. The Morgan fingerprint density at radius 1 is 1.24 bits per heavy atom. The van der Waals surface area contributed by atoms with Gasteiger partial charge in [0, 0.05) is 30.7 Å². The summed E-state index contributed by atoms with van der Waals surface area (Å²) in [5.74, 6) is -0.436. The molecule has 3 rings (SSSR count). The minimum absolute atomic E-state index is 0.209. The molecule has 6 heteroatoms. The molecule has 2 amide bonds. The summed E-state index contributed by atoms with van der Waals surface area (Å²) in [4.78, 5) is 28.9. The Morgan fingerprint density at radius 2 is 2.00 bits per heavy atom. The van der Waals surface area contributed by atoms with Gasteiger partial charge in [-0.15, -0.1) is 6.58 Å². The molecule has 2 aromatic heterocycles. The number of anilines is 1. The standard InChI is InChI=1S/C19H18N4O2/c1-3-9-20-19(25)16-12-23(2)17-15(16)10-14(11-21-17)22-18(24)13-7-5-4-6-8-13/h3-8,10-12H,1,9H2,2H3,(H,20,25)(H,22,24). The third-order valence-corrected chi connectivity index (χ3v) is 3.76. The molecule has 0 fully saturated rings. The van der Waals surface area contributed by atoms with Gasteiger partial charge in [-0.3, -0.25) is 9.59 Å². The summed E-state index contributed by atoms with van der Waals surface area (Å²) in [6.45, 7) is 3.97. The Balaban J connectivity index is 1.92.